The first-order chi connectivity index (χ1) is 8.04. The van der Waals surface area contributed by atoms with Crippen molar-refractivity contribution < 1.29 is 18.7 Å². The van der Waals surface area contributed by atoms with Gasteiger partial charge in [0.25, 0.3) is 5.91 Å². The topological polar surface area (TPSA) is 81.4 Å². The summed E-state index contributed by atoms with van der Waals surface area (Å²) in [7, 11) is 1.26. The van der Waals surface area contributed by atoms with Crippen molar-refractivity contribution in [2.45, 2.75) is 6.42 Å². The average Bonchev–Trinajstić information content (AvgIpc) is 2.31. The van der Waals surface area contributed by atoms with E-state index < -0.39 is 17.7 Å². The predicted molar refractivity (Wildman–Crippen MR) is 59.8 cm³/mol. The normalized spacial score (nSPS) is 9.76. The Morgan fingerprint density at radius 2 is 2.18 bits per heavy atom. The van der Waals surface area contributed by atoms with Gasteiger partial charge in [0.1, 0.15) is 5.82 Å². The monoisotopic (exact) mass is 240 g/mol. The third-order valence-electron chi connectivity index (χ3n) is 2.10. The van der Waals surface area contributed by atoms with Gasteiger partial charge in [-0.05, 0) is 18.2 Å². The van der Waals surface area contributed by atoms with Crippen molar-refractivity contribution in [2.24, 2.45) is 0 Å². The molecule has 92 valence electrons. The van der Waals surface area contributed by atoms with Crippen LogP contribution >= 0.6 is 0 Å². The molecule has 0 radical (unpaired) electrons. The van der Waals surface area contributed by atoms with Crippen LogP contribution in [0, 0.1) is 5.82 Å². The second kappa shape index (κ2) is 5.83. The lowest BCUT2D eigenvalue weighted by Gasteiger charge is -2.06. The van der Waals surface area contributed by atoms with E-state index in [9.17, 15) is 14.0 Å². The molecule has 0 heterocycles. The molecule has 5 nitrogen and oxygen atoms in total. The molecule has 0 atom stereocenters. The molecule has 1 amide bonds. The first-order valence-corrected chi connectivity index (χ1v) is 4.94. The second-order valence-electron chi connectivity index (χ2n) is 3.31. The van der Waals surface area contributed by atoms with Crippen LogP contribution in [-0.4, -0.2) is 25.5 Å². The summed E-state index contributed by atoms with van der Waals surface area (Å²) in [4.78, 5) is 22.4. The molecule has 0 fully saturated rings. The predicted octanol–water partition coefficient (Wildman–Crippen LogP) is 0.701. The van der Waals surface area contributed by atoms with Crippen molar-refractivity contribution in [2.75, 3.05) is 19.4 Å². The number of methoxy groups -OCH3 is 1. The zero-order chi connectivity index (χ0) is 12.8. The van der Waals surface area contributed by atoms with E-state index in [1.807, 2.05) is 0 Å². The molecule has 1 aromatic rings. The molecule has 0 aliphatic rings. The fourth-order valence-electron chi connectivity index (χ4n) is 1.20. The Morgan fingerprint density at radius 1 is 1.47 bits per heavy atom. The van der Waals surface area contributed by atoms with E-state index >= 15 is 0 Å². The van der Waals surface area contributed by atoms with Gasteiger partial charge in [-0.1, -0.05) is 0 Å². The molecule has 1 rings (SSSR count). The minimum Gasteiger partial charge on any atom is -0.469 e. The first-order valence-electron chi connectivity index (χ1n) is 4.94. The van der Waals surface area contributed by atoms with Crippen molar-refractivity contribution in [1.82, 2.24) is 5.32 Å². The standard InChI is InChI=1S/C11H13FN2O3/c1-17-10(15)4-5-14-11(16)8-6-7(12)2-3-9(8)13/h2-3,6H,4-5,13H2,1H3,(H,14,16). The van der Waals surface area contributed by atoms with E-state index in [-0.39, 0.29) is 24.2 Å². The first kappa shape index (κ1) is 13.0. The number of nitrogen functional groups attached to an aromatic ring is 1. The Hall–Kier alpha value is -2.11. The highest BCUT2D eigenvalue weighted by atomic mass is 19.1. The Balaban J connectivity index is 2.58. The fourth-order valence-corrected chi connectivity index (χ4v) is 1.20. The molecule has 1 aromatic carbocycles. The molecule has 0 bridgehead atoms. The van der Waals surface area contributed by atoms with Crippen LogP contribution in [-0.2, 0) is 9.53 Å². The highest BCUT2D eigenvalue weighted by Crippen LogP contribution is 2.12. The van der Waals surface area contributed by atoms with Crippen LogP contribution < -0.4 is 11.1 Å². The Labute approximate surface area is 97.7 Å². The van der Waals surface area contributed by atoms with Crippen LogP contribution in [0.1, 0.15) is 16.8 Å². The molecular formula is C11H13FN2O3. The van der Waals surface area contributed by atoms with E-state index in [2.05, 4.69) is 10.1 Å². The van der Waals surface area contributed by atoms with Gasteiger partial charge in [0, 0.05) is 12.2 Å². The average molecular weight is 240 g/mol. The number of amides is 1. The number of hydrogen-bond acceptors (Lipinski definition) is 4. The number of carbonyl (C=O) groups is 2. The number of hydrogen-bond donors (Lipinski definition) is 2. The summed E-state index contributed by atoms with van der Waals surface area (Å²) in [5.41, 5.74) is 5.76. The number of carbonyl (C=O) groups excluding carboxylic acids is 2. The summed E-state index contributed by atoms with van der Waals surface area (Å²) in [6.45, 7) is 0.113. The van der Waals surface area contributed by atoms with Gasteiger partial charge in [-0.3, -0.25) is 9.59 Å². The van der Waals surface area contributed by atoms with Gasteiger partial charge in [0.2, 0.25) is 0 Å². The molecule has 0 saturated carbocycles. The minimum absolute atomic E-state index is 0.0508. The summed E-state index contributed by atoms with van der Waals surface area (Å²) in [5.74, 6) is -1.50. The van der Waals surface area contributed by atoms with E-state index in [0.717, 1.165) is 6.07 Å². The molecule has 3 N–H and O–H groups in total. The van der Waals surface area contributed by atoms with E-state index in [4.69, 9.17) is 5.73 Å². The van der Waals surface area contributed by atoms with Gasteiger partial charge in [-0.15, -0.1) is 0 Å². The Morgan fingerprint density at radius 3 is 2.82 bits per heavy atom. The number of nitrogens with two attached hydrogens (primary N) is 1. The minimum atomic E-state index is -0.544. The maximum Gasteiger partial charge on any atom is 0.307 e. The van der Waals surface area contributed by atoms with Crippen LogP contribution in [0.3, 0.4) is 0 Å². The number of esters is 1. The van der Waals surface area contributed by atoms with Crippen LogP contribution in [0.5, 0.6) is 0 Å². The van der Waals surface area contributed by atoms with Crippen molar-refractivity contribution in [3.05, 3.63) is 29.6 Å². The molecule has 0 unspecified atom stereocenters. The highest BCUT2D eigenvalue weighted by Gasteiger charge is 2.11. The van der Waals surface area contributed by atoms with Gasteiger partial charge in [-0.2, -0.15) is 0 Å². The highest BCUT2D eigenvalue weighted by molar-refractivity contribution is 5.99. The number of halogens is 1. The Kier molecular flexibility index (Phi) is 4.45. The maximum atomic E-state index is 12.9. The second-order valence-corrected chi connectivity index (χ2v) is 3.31. The lowest BCUT2D eigenvalue weighted by molar-refractivity contribution is -0.140. The zero-order valence-electron chi connectivity index (χ0n) is 9.33. The lowest BCUT2D eigenvalue weighted by Crippen LogP contribution is -2.27. The zero-order valence-corrected chi connectivity index (χ0v) is 9.33. The maximum absolute atomic E-state index is 12.9. The molecule has 0 spiro atoms. The largest absolute Gasteiger partial charge is 0.469 e. The van der Waals surface area contributed by atoms with Crippen LogP contribution in [0.25, 0.3) is 0 Å². The van der Waals surface area contributed by atoms with Crippen molar-refractivity contribution in [3.8, 4) is 0 Å². The van der Waals surface area contributed by atoms with Gasteiger partial charge in [0.05, 0.1) is 19.1 Å². The van der Waals surface area contributed by atoms with Crippen LogP contribution in [0.4, 0.5) is 10.1 Å². The number of rotatable bonds is 4. The van der Waals surface area contributed by atoms with Crippen molar-refractivity contribution in [1.29, 1.82) is 0 Å². The van der Waals surface area contributed by atoms with Crippen LogP contribution in [0.15, 0.2) is 18.2 Å². The number of ether oxygens (including phenoxy) is 1. The van der Waals surface area contributed by atoms with E-state index in [0.29, 0.717) is 0 Å². The molecule has 0 aliphatic heterocycles. The summed E-state index contributed by atoms with van der Waals surface area (Å²) >= 11 is 0. The fraction of sp³-hybridized carbons (Fsp3) is 0.273. The summed E-state index contributed by atoms with van der Waals surface area (Å²) in [5, 5.41) is 2.45. The molecule has 17 heavy (non-hydrogen) atoms. The molecule has 0 aromatic heterocycles. The molecular weight excluding hydrogens is 227 g/mol. The lowest BCUT2D eigenvalue weighted by atomic mass is 10.1. The third kappa shape index (κ3) is 3.75. The van der Waals surface area contributed by atoms with Gasteiger partial charge >= 0.3 is 5.97 Å². The molecule has 6 heteroatoms. The van der Waals surface area contributed by atoms with Crippen molar-refractivity contribution in [3.63, 3.8) is 0 Å². The van der Waals surface area contributed by atoms with Crippen LogP contribution in [0.2, 0.25) is 0 Å². The molecule has 0 aliphatic carbocycles. The number of nitrogens with one attached hydrogen (secondary N) is 1. The number of benzene rings is 1. The van der Waals surface area contributed by atoms with Crippen molar-refractivity contribution >= 4 is 17.6 Å². The molecule has 0 saturated heterocycles. The van der Waals surface area contributed by atoms with E-state index in [1.165, 1.54) is 19.2 Å². The summed E-state index contributed by atoms with van der Waals surface area (Å²) in [6, 6.07) is 3.52. The quantitative estimate of drug-likeness (QED) is 0.599. The summed E-state index contributed by atoms with van der Waals surface area (Å²) < 4.78 is 17.3. The SMILES string of the molecule is COC(=O)CCNC(=O)c1cc(F)ccc1N. The Bertz CT molecular complexity index is 435. The third-order valence-corrected chi connectivity index (χ3v) is 2.10. The van der Waals surface area contributed by atoms with E-state index in [1.54, 1.807) is 0 Å². The summed E-state index contributed by atoms with van der Waals surface area (Å²) in [6.07, 6.45) is 0.0530. The van der Waals surface area contributed by atoms with Gasteiger partial charge in [-0.25, -0.2) is 4.39 Å². The number of anilines is 1. The van der Waals surface area contributed by atoms with Gasteiger partial charge in [0.15, 0.2) is 0 Å². The van der Waals surface area contributed by atoms with Gasteiger partial charge < -0.3 is 15.8 Å². The smallest absolute Gasteiger partial charge is 0.307 e.